The first-order valence-corrected chi connectivity index (χ1v) is 8.33. The van der Waals surface area contributed by atoms with E-state index in [1.165, 1.54) is 12.1 Å². The van der Waals surface area contributed by atoms with Crippen molar-refractivity contribution >= 4 is 38.4 Å². The van der Waals surface area contributed by atoms with E-state index < -0.39 is 0 Å². The van der Waals surface area contributed by atoms with Crippen molar-refractivity contribution in [3.63, 3.8) is 0 Å². The van der Waals surface area contributed by atoms with Gasteiger partial charge in [0.05, 0.1) is 0 Å². The highest BCUT2D eigenvalue weighted by Gasteiger charge is 2.11. The number of benzene rings is 2. The highest BCUT2D eigenvalue weighted by Crippen LogP contribution is 2.27. The summed E-state index contributed by atoms with van der Waals surface area (Å²) in [5, 5.41) is 3.59. The van der Waals surface area contributed by atoms with Gasteiger partial charge in [0.2, 0.25) is 0 Å². The molecule has 0 aliphatic heterocycles. The molecule has 124 valence electrons. The minimum absolute atomic E-state index is 0.221. The van der Waals surface area contributed by atoms with Crippen molar-refractivity contribution in [2.45, 2.75) is 0 Å². The van der Waals surface area contributed by atoms with Gasteiger partial charge < -0.3 is 14.7 Å². The van der Waals surface area contributed by atoms with Crippen LogP contribution in [0.2, 0.25) is 0 Å². The number of carbonyl (C=O) groups excluding carboxylic acids is 1. The highest BCUT2D eigenvalue weighted by molar-refractivity contribution is 9.10. The van der Waals surface area contributed by atoms with Crippen LogP contribution in [-0.4, -0.2) is 10.9 Å². The van der Waals surface area contributed by atoms with E-state index in [0.29, 0.717) is 10.4 Å². The van der Waals surface area contributed by atoms with Gasteiger partial charge in [-0.15, -0.1) is 0 Å². The predicted octanol–water partition coefficient (Wildman–Crippen LogP) is 5.58. The summed E-state index contributed by atoms with van der Waals surface area (Å²) in [6.45, 7) is 0. The van der Waals surface area contributed by atoms with Gasteiger partial charge >= 0.3 is 0 Å². The zero-order valence-corrected chi connectivity index (χ0v) is 14.4. The lowest BCUT2D eigenvalue weighted by atomic mass is 10.1. The Morgan fingerprint density at radius 1 is 1.08 bits per heavy atom. The molecule has 4 nitrogen and oxygen atoms in total. The molecule has 0 saturated heterocycles. The van der Waals surface area contributed by atoms with Crippen LogP contribution >= 0.6 is 15.9 Å². The zero-order chi connectivity index (χ0) is 17.4. The average molecular weight is 399 g/mol. The van der Waals surface area contributed by atoms with Gasteiger partial charge in [-0.05, 0) is 64.5 Å². The molecule has 6 heteroatoms. The van der Waals surface area contributed by atoms with Crippen LogP contribution in [0, 0.1) is 5.82 Å². The molecule has 2 heterocycles. The molecule has 0 aliphatic carbocycles. The highest BCUT2D eigenvalue weighted by atomic mass is 79.9. The van der Waals surface area contributed by atoms with Crippen molar-refractivity contribution < 1.29 is 13.6 Å². The third-order valence-corrected chi connectivity index (χ3v) is 4.24. The number of hydrogen-bond acceptors (Lipinski definition) is 2. The van der Waals surface area contributed by atoms with Gasteiger partial charge in [0.15, 0.2) is 10.4 Å². The first-order valence-electron chi connectivity index (χ1n) is 7.54. The number of H-pyrrole nitrogens is 1. The summed E-state index contributed by atoms with van der Waals surface area (Å²) in [5.74, 6) is -0.386. The fourth-order valence-electron chi connectivity index (χ4n) is 2.65. The first kappa shape index (κ1) is 15.7. The van der Waals surface area contributed by atoms with E-state index in [-0.39, 0.29) is 17.5 Å². The Morgan fingerprint density at radius 2 is 1.96 bits per heavy atom. The fourth-order valence-corrected chi connectivity index (χ4v) is 2.96. The minimum Gasteiger partial charge on any atom is -0.444 e. The maximum atomic E-state index is 13.3. The molecule has 0 atom stereocenters. The van der Waals surface area contributed by atoms with Gasteiger partial charge in [0.1, 0.15) is 5.82 Å². The number of halogens is 2. The molecule has 0 spiro atoms. The van der Waals surface area contributed by atoms with E-state index in [1.807, 2.05) is 24.3 Å². The average Bonchev–Trinajstić information content (AvgIpc) is 3.21. The molecule has 0 radical (unpaired) electrons. The van der Waals surface area contributed by atoms with Crippen LogP contribution in [0.3, 0.4) is 0 Å². The lowest BCUT2D eigenvalue weighted by Crippen LogP contribution is -2.10. The topological polar surface area (TPSA) is 58.0 Å². The number of aromatic amines is 1. The van der Waals surface area contributed by atoms with Crippen molar-refractivity contribution in [1.29, 1.82) is 0 Å². The number of anilines is 1. The summed E-state index contributed by atoms with van der Waals surface area (Å²) in [7, 11) is 0. The summed E-state index contributed by atoms with van der Waals surface area (Å²) < 4.78 is 19.1. The lowest BCUT2D eigenvalue weighted by Gasteiger charge is -2.05. The Kier molecular flexibility index (Phi) is 3.89. The summed E-state index contributed by atoms with van der Waals surface area (Å²) in [6, 6.07) is 17.1. The molecule has 2 aromatic carbocycles. The molecule has 4 aromatic rings. The number of hydrogen-bond donors (Lipinski definition) is 2. The number of carbonyl (C=O) groups is 1. The Labute approximate surface area is 150 Å². The van der Waals surface area contributed by atoms with Gasteiger partial charge in [-0.2, -0.15) is 0 Å². The monoisotopic (exact) mass is 398 g/mol. The molecule has 0 unspecified atom stereocenters. The van der Waals surface area contributed by atoms with Crippen LogP contribution in [0.4, 0.5) is 10.1 Å². The summed E-state index contributed by atoms with van der Waals surface area (Å²) >= 11 is 3.17. The molecule has 2 N–H and O–H groups in total. The van der Waals surface area contributed by atoms with Gasteiger partial charge in [-0.1, -0.05) is 12.1 Å². The van der Waals surface area contributed by atoms with Gasteiger partial charge in [0.25, 0.3) is 5.91 Å². The second kappa shape index (κ2) is 6.22. The number of aromatic nitrogens is 1. The molecule has 0 aliphatic rings. The Balaban J connectivity index is 1.63. The molecule has 25 heavy (non-hydrogen) atoms. The van der Waals surface area contributed by atoms with E-state index in [9.17, 15) is 9.18 Å². The number of fused-ring (bicyclic) bond motifs is 1. The predicted molar refractivity (Wildman–Crippen MR) is 98.1 cm³/mol. The number of amides is 1. The third kappa shape index (κ3) is 3.21. The Morgan fingerprint density at radius 3 is 2.76 bits per heavy atom. The minimum atomic E-state index is -0.332. The van der Waals surface area contributed by atoms with Crippen molar-refractivity contribution in [1.82, 2.24) is 4.98 Å². The van der Waals surface area contributed by atoms with E-state index in [1.54, 1.807) is 24.3 Å². The standard InChI is InChI=1S/C19H12BrFN2O2/c20-18-7-6-17(25-18)19(24)22-14-3-1-2-11(9-14)16-10-12-8-13(21)4-5-15(12)23-16/h1-10,23H,(H,22,24). The van der Waals surface area contributed by atoms with Crippen LogP contribution in [0.15, 0.2) is 69.8 Å². The normalized spacial score (nSPS) is 11.0. The van der Waals surface area contributed by atoms with Gasteiger partial charge in [0, 0.05) is 27.8 Å². The van der Waals surface area contributed by atoms with Gasteiger partial charge in [-0.3, -0.25) is 4.79 Å². The van der Waals surface area contributed by atoms with Gasteiger partial charge in [-0.25, -0.2) is 4.39 Å². The van der Waals surface area contributed by atoms with Crippen LogP contribution in [0.25, 0.3) is 22.2 Å². The molecular weight excluding hydrogens is 387 g/mol. The van der Waals surface area contributed by atoms with Crippen LogP contribution in [0.1, 0.15) is 10.6 Å². The maximum Gasteiger partial charge on any atom is 0.291 e. The maximum absolute atomic E-state index is 13.3. The van der Waals surface area contributed by atoms with Crippen molar-refractivity contribution in [2.75, 3.05) is 5.32 Å². The van der Waals surface area contributed by atoms with E-state index in [4.69, 9.17) is 4.42 Å². The molecule has 0 bridgehead atoms. The third-order valence-electron chi connectivity index (χ3n) is 3.81. The lowest BCUT2D eigenvalue weighted by molar-refractivity contribution is 0.0995. The largest absolute Gasteiger partial charge is 0.444 e. The van der Waals surface area contributed by atoms with Crippen LogP contribution in [-0.2, 0) is 0 Å². The first-order chi connectivity index (χ1) is 12.1. The van der Waals surface area contributed by atoms with Crippen molar-refractivity contribution in [2.24, 2.45) is 0 Å². The van der Waals surface area contributed by atoms with E-state index in [0.717, 1.165) is 22.2 Å². The second-order valence-electron chi connectivity index (χ2n) is 5.55. The van der Waals surface area contributed by atoms with E-state index in [2.05, 4.69) is 26.2 Å². The van der Waals surface area contributed by atoms with Crippen LogP contribution < -0.4 is 5.32 Å². The summed E-state index contributed by atoms with van der Waals surface area (Å²) in [4.78, 5) is 15.4. The smallest absolute Gasteiger partial charge is 0.291 e. The SMILES string of the molecule is O=C(Nc1cccc(-c2cc3cc(F)ccc3[nH]2)c1)c1ccc(Br)o1. The molecule has 1 amide bonds. The van der Waals surface area contributed by atoms with Crippen molar-refractivity contribution in [3.8, 4) is 11.3 Å². The Bertz CT molecular complexity index is 1080. The van der Waals surface area contributed by atoms with Crippen molar-refractivity contribution in [3.05, 3.63) is 76.9 Å². The molecule has 2 aromatic heterocycles. The second-order valence-corrected chi connectivity index (χ2v) is 6.33. The Hall–Kier alpha value is -2.86. The fraction of sp³-hybridized carbons (Fsp3) is 0. The van der Waals surface area contributed by atoms with Crippen LogP contribution in [0.5, 0.6) is 0 Å². The molecule has 0 saturated carbocycles. The molecular formula is C19H12BrFN2O2. The summed E-state index contributed by atoms with van der Waals surface area (Å²) in [5.41, 5.74) is 3.22. The zero-order valence-electron chi connectivity index (χ0n) is 12.8. The number of rotatable bonds is 3. The molecule has 4 rings (SSSR count). The van der Waals surface area contributed by atoms with E-state index >= 15 is 0 Å². The number of nitrogens with one attached hydrogen (secondary N) is 2. The summed E-state index contributed by atoms with van der Waals surface area (Å²) in [6.07, 6.45) is 0. The number of furan rings is 1. The molecule has 0 fully saturated rings. The quantitative estimate of drug-likeness (QED) is 0.473.